The summed E-state index contributed by atoms with van der Waals surface area (Å²) in [6, 6.07) is 3.53. The lowest BCUT2D eigenvalue weighted by Gasteiger charge is -2.35. The van der Waals surface area contributed by atoms with E-state index >= 15 is 0 Å². The van der Waals surface area contributed by atoms with Crippen molar-refractivity contribution < 1.29 is 13.5 Å². The number of nitrogens with zero attached hydrogens (tertiary/aromatic N) is 1. The first-order valence-corrected chi connectivity index (χ1v) is 8.42. The molecule has 1 aromatic rings. The maximum absolute atomic E-state index is 12.4. The van der Waals surface area contributed by atoms with Crippen LogP contribution in [0, 0.1) is 0 Å². The number of sulfonamides is 1. The summed E-state index contributed by atoms with van der Waals surface area (Å²) >= 11 is 1.32. The summed E-state index contributed by atoms with van der Waals surface area (Å²) in [6.07, 6.45) is 2.21. The minimum absolute atomic E-state index is 0.189. The second kappa shape index (κ2) is 4.92. The molecule has 1 N–H and O–H groups in total. The monoisotopic (exact) mass is 289 g/mol. The molecule has 0 bridgehead atoms. The molecule has 0 saturated carbocycles. The fraction of sp³-hybridized carbons (Fsp3) is 0.667. The van der Waals surface area contributed by atoms with Gasteiger partial charge in [-0.15, -0.1) is 11.3 Å². The summed E-state index contributed by atoms with van der Waals surface area (Å²) in [5.74, 6) is 0. The van der Waals surface area contributed by atoms with E-state index in [4.69, 9.17) is 0 Å². The van der Waals surface area contributed by atoms with Crippen molar-refractivity contribution in [2.24, 2.45) is 0 Å². The van der Waals surface area contributed by atoms with Gasteiger partial charge in [0.25, 0.3) is 10.0 Å². The van der Waals surface area contributed by atoms with Crippen LogP contribution in [0.3, 0.4) is 0 Å². The standard InChI is InChI=1S/C12H19NO3S2/c1-3-10-5-6-11(17-10)18(15,16)13-8-4-7-12(2,14)9-13/h5-6,14H,3-4,7-9H2,1-2H3. The Morgan fingerprint density at radius 3 is 2.78 bits per heavy atom. The normalized spacial score (nSPS) is 26.4. The Balaban J connectivity index is 2.25. The minimum atomic E-state index is -3.43. The van der Waals surface area contributed by atoms with Crippen molar-refractivity contribution in [2.75, 3.05) is 13.1 Å². The molecule has 2 heterocycles. The number of β-amino-alcohol motifs (C(OH)–C–C–N with tert-alkyl or cyclic N) is 1. The summed E-state index contributed by atoms with van der Waals surface area (Å²) < 4.78 is 26.6. The molecule has 1 saturated heterocycles. The van der Waals surface area contributed by atoms with Gasteiger partial charge in [0, 0.05) is 18.0 Å². The molecule has 0 spiro atoms. The van der Waals surface area contributed by atoms with Crippen molar-refractivity contribution in [3.8, 4) is 0 Å². The molecule has 0 aliphatic carbocycles. The van der Waals surface area contributed by atoms with Crippen molar-refractivity contribution in [1.82, 2.24) is 4.31 Å². The summed E-state index contributed by atoms with van der Waals surface area (Å²) in [7, 11) is -3.43. The smallest absolute Gasteiger partial charge is 0.252 e. The van der Waals surface area contributed by atoms with Crippen LogP contribution < -0.4 is 0 Å². The van der Waals surface area contributed by atoms with Gasteiger partial charge in [-0.05, 0) is 38.3 Å². The van der Waals surface area contributed by atoms with Crippen LogP contribution in [0.4, 0.5) is 0 Å². The van der Waals surface area contributed by atoms with E-state index in [1.807, 2.05) is 13.0 Å². The predicted octanol–water partition coefficient (Wildman–Crippen LogP) is 1.85. The maximum Gasteiger partial charge on any atom is 0.252 e. The van der Waals surface area contributed by atoms with Gasteiger partial charge in [-0.25, -0.2) is 8.42 Å². The van der Waals surface area contributed by atoms with Crippen LogP contribution in [0.2, 0.25) is 0 Å². The number of piperidine rings is 1. The van der Waals surface area contributed by atoms with Gasteiger partial charge < -0.3 is 5.11 Å². The molecule has 0 radical (unpaired) electrons. The lowest BCUT2D eigenvalue weighted by molar-refractivity contribution is 0.00945. The Bertz CT molecular complexity index is 519. The molecular weight excluding hydrogens is 270 g/mol. The molecule has 18 heavy (non-hydrogen) atoms. The van der Waals surface area contributed by atoms with Crippen LogP contribution in [0.25, 0.3) is 0 Å². The molecule has 1 aliphatic rings. The molecular formula is C12H19NO3S2. The molecule has 4 nitrogen and oxygen atoms in total. The average molecular weight is 289 g/mol. The minimum Gasteiger partial charge on any atom is -0.389 e. The van der Waals surface area contributed by atoms with Crippen LogP contribution in [0.1, 0.15) is 31.6 Å². The fourth-order valence-electron chi connectivity index (χ4n) is 2.19. The van der Waals surface area contributed by atoms with Gasteiger partial charge in [0.2, 0.25) is 0 Å². The highest BCUT2D eigenvalue weighted by molar-refractivity contribution is 7.91. The van der Waals surface area contributed by atoms with Crippen LogP contribution >= 0.6 is 11.3 Å². The number of aryl methyl sites for hydroxylation is 1. The zero-order valence-corrected chi connectivity index (χ0v) is 12.4. The first-order chi connectivity index (χ1) is 8.35. The maximum atomic E-state index is 12.4. The van der Waals surface area contributed by atoms with Crippen LogP contribution in [-0.4, -0.2) is 36.5 Å². The number of rotatable bonds is 3. The summed E-state index contributed by atoms with van der Waals surface area (Å²) in [4.78, 5) is 1.07. The third-order valence-electron chi connectivity index (χ3n) is 3.22. The quantitative estimate of drug-likeness (QED) is 0.924. The highest BCUT2D eigenvalue weighted by Gasteiger charge is 2.36. The Morgan fingerprint density at radius 1 is 1.50 bits per heavy atom. The van der Waals surface area contributed by atoms with Gasteiger partial charge in [-0.1, -0.05) is 6.92 Å². The Morgan fingerprint density at radius 2 is 2.22 bits per heavy atom. The zero-order valence-electron chi connectivity index (χ0n) is 10.7. The molecule has 1 unspecified atom stereocenters. The van der Waals surface area contributed by atoms with Gasteiger partial charge >= 0.3 is 0 Å². The predicted molar refractivity (Wildman–Crippen MR) is 72.3 cm³/mol. The van der Waals surface area contributed by atoms with Crippen LogP contribution in [0.5, 0.6) is 0 Å². The van der Waals surface area contributed by atoms with Gasteiger partial charge in [-0.3, -0.25) is 0 Å². The molecule has 2 rings (SSSR count). The van der Waals surface area contributed by atoms with Gasteiger partial charge in [0.1, 0.15) is 4.21 Å². The van der Waals surface area contributed by atoms with E-state index < -0.39 is 15.6 Å². The average Bonchev–Trinajstić information content (AvgIpc) is 2.76. The van der Waals surface area contributed by atoms with Crippen molar-refractivity contribution in [3.05, 3.63) is 17.0 Å². The first-order valence-electron chi connectivity index (χ1n) is 6.16. The second-order valence-electron chi connectivity index (χ2n) is 5.01. The summed E-state index contributed by atoms with van der Waals surface area (Å²) in [5.41, 5.74) is -0.907. The molecule has 1 atom stereocenters. The van der Waals surface area contributed by atoms with Gasteiger partial charge in [-0.2, -0.15) is 4.31 Å². The van der Waals surface area contributed by atoms with Crippen molar-refractivity contribution in [3.63, 3.8) is 0 Å². The van der Waals surface area contributed by atoms with E-state index in [1.54, 1.807) is 13.0 Å². The van der Waals surface area contributed by atoms with Crippen LogP contribution in [-0.2, 0) is 16.4 Å². The number of aliphatic hydroxyl groups is 1. The molecule has 1 fully saturated rings. The summed E-state index contributed by atoms with van der Waals surface area (Å²) in [6.45, 7) is 4.39. The van der Waals surface area contributed by atoms with E-state index in [-0.39, 0.29) is 6.54 Å². The Labute approximate surface area is 112 Å². The lowest BCUT2D eigenvalue weighted by Crippen LogP contribution is -2.48. The van der Waals surface area contributed by atoms with E-state index in [0.29, 0.717) is 23.6 Å². The van der Waals surface area contributed by atoms with Crippen molar-refractivity contribution in [2.45, 2.75) is 42.9 Å². The fourth-order valence-corrected chi connectivity index (χ4v) is 5.24. The molecule has 0 amide bonds. The van der Waals surface area contributed by atoms with E-state index in [2.05, 4.69) is 0 Å². The molecule has 102 valence electrons. The highest BCUT2D eigenvalue weighted by atomic mass is 32.2. The zero-order chi connectivity index (χ0) is 13.4. The van der Waals surface area contributed by atoms with E-state index in [1.165, 1.54) is 15.6 Å². The van der Waals surface area contributed by atoms with Crippen LogP contribution in [0.15, 0.2) is 16.3 Å². The third-order valence-corrected chi connectivity index (χ3v) is 6.76. The van der Waals surface area contributed by atoms with E-state index in [0.717, 1.165) is 11.3 Å². The molecule has 0 aromatic carbocycles. The Kier molecular flexibility index (Phi) is 3.82. The van der Waals surface area contributed by atoms with Crippen molar-refractivity contribution in [1.29, 1.82) is 0 Å². The van der Waals surface area contributed by atoms with E-state index in [9.17, 15) is 13.5 Å². The SMILES string of the molecule is CCc1ccc(S(=O)(=O)N2CCCC(C)(O)C2)s1. The lowest BCUT2D eigenvalue weighted by atomic mass is 9.97. The number of thiophene rings is 1. The second-order valence-corrected chi connectivity index (χ2v) is 8.35. The molecule has 1 aliphatic heterocycles. The Hall–Kier alpha value is -0.430. The van der Waals surface area contributed by atoms with Crippen molar-refractivity contribution >= 4 is 21.4 Å². The topological polar surface area (TPSA) is 57.6 Å². The molecule has 6 heteroatoms. The summed E-state index contributed by atoms with van der Waals surface area (Å²) in [5, 5.41) is 10.0. The third kappa shape index (κ3) is 2.77. The highest BCUT2D eigenvalue weighted by Crippen LogP contribution is 2.29. The number of hydrogen-bond acceptors (Lipinski definition) is 4. The first kappa shape index (κ1) is 14.0. The molecule has 1 aromatic heterocycles. The van der Waals surface area contributed by atoms with Gasteiger partial charge in [0.15, 0.2) is 0 Å². The van der Waals surface area contributed by atoms with Gasteiger partial charge in [0.05, 0.1) is 5.60 Å². The number of hydrogen-bond donors (Lipinski definition) is 1. The largest absolute Gasteiger partial charge is 0.389 e.